The summed E-state index contributed by atoms with van der Waals surface area (Å²) in [7, 11) is 0. The molecule has 0 unspecified atom stereocenters. The molecule has 1 aliphatic rings. The van der Waals surface area contributed by atoms with E-state index in [9.17, 15) is 0 Å². The van der Waals surface area contributed by atoms with Crippen molar-refractivity contribution in [3.05, 3.63) is 71.8 Å². The highest BCUT2D eigenvalue weighted by atomic mass is 16.5. The van der Waals surface area contributed by atoms with Crippen molar-refractivity contribution < 1.29 is 14.2 Å². The van der Waals surface area contributed by atoms with Crippen molar-refractivity contribution in [2.24, 2.45) is 5.41 Å². The van der Waals surface area contributed by atoms with Gasteiger partial charge < -0.3 is 14.2 Å². The van der Waals surface area contributed by atoms with Gasteiger partial charge in [-0.05, 0) is 11.1 Å². The highest BCUT2D eigenvalue weighted by Crippen LogP contribution is 2.29. The Morgan fingerprint density at radius 1 is 0.727 bits per heavy atom. The lowest BCUT2D eigenvalue weighted by atomic mass is 9.88. The standard InChI is InChI=1S/C19H22O3/c1-3-7-17(8-4-1)11-20-13-19(15-22-16-19)14-21-12-18-9-5-2-6-10-18/h1-10H,11-16H2. The highest BCUT2D eigenvalue weighted by molar-refractivity contribution is 5.14. The van der Waals surface area contributed by atoms with E-state index in [0.29, 0.717) is 26.4 Å². The van der Waals surface area contributed by atoms with Gasteiger partial charge in [0.2, 0.25) is 0 Å². The van der Waals surface area contributed by atoms with Gasteiger partial charge in [-0.15, -0.1) is 0 Å². The molecule has 1 saturated heterocycles. The molecule has 0 atom stereocenters. The van der Waals surface area contributed by atoms with Crippen LogP contribution in [0.25, 0.3) is 0 Å². The first-order chi connectivity index (χ1) is 10.9. The fraction of sp³-hybridized carbons (Fsp3) is 0.368. The van der Waals surface area contributed by atoms with Gasteiger partial charge in [0.15, 0.2) is 0 Å². The second-order valence-electron chi connectivity index (χ2n) is 5.95. The predicted molar refractivity (Wildman–Crippen MR) is 85.4 cm³/mol. The zero-order valence-electron chi connectivity index (χ0n) is 12.7. The van der Waals surface area contributed by atoms with Crippen LogP contribution >= 0.6 is 0 Å². The maximum absolute atomic E-state index is 5.87. The third-order valence-corrected chi connectivity index (χ3v) is 3.86. The Bertz CT molecular complexity index is 502. The van der Waals surface area contributed by atoms with Gasteiger partial charge in [0.1, 0.15) is 0 Å². The minimum Gasteiger partial charge on any atom is -0.380 e. The summed E-state index contributed by atoms with van der Waals surface area (Å²) < 4.78 is 17.1. The Morgan fingerprint density at radius 3 is 1.55 bits per heavy atom. The van der Waals surface area contributed by atoms with Gasteiger partial charge >= 0.3 is 0 Å². The van der Waals surface area contributed by atoms with E-state index in [1.54, 1.807) is 0 Å². The Labute approximate surface area is 131 Å². The van der Waals surface area contributed by atoms with Gasteiger partial charge in [-0.25, -0.2) is 0 Å². The average Bonchev–Trinajstić information content (AvgIpc) is 2.54. The van der Waals surface area contributed by atoms with E-state index < -0.39 is 0 Å². The van der Waals surface area contributed by atoms with Gasteiger partial charge in [-0.2, -0.15) is 0 Å². The third-order valence-electron chi connectivity index (χ3n) is 3.86. The fourth-order valence-electron chi connectivity index (χ4n) is 2.52. The first-order valence-electron chi connectivity index (χ1n) is 7.67. The molecule has 2 aromatic carbocycles. The molecule has 0 bridgehead atoms. The zero-order chi connectivity index (χ0) is 15.1. The molecule has 22 heavy (non-hydrogen) atoms. The van der Waals surface area contributed by atoms with Crippen LogP contribution in [0.2, 0.25) is 0 Å². The number of hydrogen-bond donors (Lipinski definition) is 0. The van der Waals surface area contributed by atoms with Crippen LogP contribution in [0.15, 0.2) is 60.7 Å². The SMILES string of the molecule is c1ccc(COCC2(COCc3ccccc3)COC2)cc1. The fourth-order valence-corrected chi connectivity index (χ4v) is 2.52. The van der Waals surface area contributed by atoms with E-state index in [1.807, 2.05) is 36.4 Å². The quantitative estimate of drug-likeness (QED) is 0.747. The number of rotatable bonds is 8. The molecule has 1 aliphatic heterocycles. The Morgan fingerprint density at radius 2 is 1.18 bits per heavy atom. The molecule has 3 heteroatoms. The summed E-state index contributed by atoms with van der Waals surface area (Å²) in [5.74, 6) is 0. The van der Waals surface area contributed by atoms with Gasteiger partial charge in [-0.3, -0.25) is 0 Å². The van der Waals surface area contributed by atoms with E-state index >= 15 is 0 Å². The lowest BCUT2D eigenvalue weighted by Gasteiger charge is -2.40. The first-order valence-corrected chi connectivity index (χ1v) is 7.67. The van der Waals surface area contributed by atoms with E-state index in [1.165, 1.54) is 11.1 Å². The molecule has 3 nitrogen and oxygen atoms in total. The number of benzene rings is 2. The third kappa shape index (κ3) is 4.17. The van der Waals surface area contributed by atoms with E-state index in [4.69, 9.17) is 14.2 Å². The summed E-state index contributed by atoms with van der Waals surface area (Å²) in [6.45, 7) is 4.07. The zero-order valence-corrected chi connectivity index (χ0v) is 12.7. The Balaban J connectivity index is 1.42. The minimum absolute atomic E-state index is 0.0174. The monoisotopic (exact) mass is 298 g/mol. The van der Waals surface area contributed by atoms with Crippen molar-refractivity contribution in [2.45, 2.75) is 13.2 Å². The van der Waals surface area contributed by atoms with E-state index in [-0.39, 0.29) is 5.41 Å². The highest BCUT2D eigenvalue weighted by Gasteiger charge is 2.39. The molecule has 116 valence electrons. The summed E-state index contributed by atoms with van der Waals surface area (Å²) >= 11 is 0. The minimum atomic E-state index is 0.0174. The van der Waals surface area contributed by atoms with Crippen molar-refractivity contribution in [3.8, 4) is 0 Å². The summed E-state index contributed by atoms with van der Waals surface area (Å²) in [6, 6.07) is 20.5. The summed E-state index contributed by atoms with van der Waals surface area (Å²) in [5, 5.41) is 0. The van der Waals surface area contributed by atoms with Crippen molar-refractivity contribution in [2.75, 3.05) is 26.4 Å². The molecule has 1 heterocycles. The van der Waals surface area contributed by atoms with Crippen molar-refractivity contribution >= 4 is 0 Å². The molecule has 0 aliphatic carbocycles. The van der Waals surface area contributed by atoms with Gasteiger partial charge in [0.25, 0.3) is 0 Å². The molecule has 0 spiro atoms. The predicted octanol–water partition coefficient (Wildman–Crippen LogP) is 3.44. The molecule has 0 aromatic heterocycles. The smallest absolute Gasteiger partial charge is 0.0717 e. The van der Waals surface area contributed by atoms with Crippen molar-refractivity contribution in [1.82, 2.24) is 0 Å². The number of ether oxygens (including phenoxy) is 3. The summed E-state index contributed by atoms with van der Waals surface area (Å²) in [6.07, 6.45) is 0. The molecule has 2 aromatic rings. The molecule has 0 N–H and O–H groups in total. The lowest BCUT2D eigenvalue weighted by molar-refractivity contribution is -0.181. The van der Waals surface area contributed by atoms with Gasteiger partial charge in [-0.1, -0.05) is 60.7 Å². The van der Waals surface area contributed by atoms with E-state index in [2.05, 4.69) is 24.3 Å². The maximum Gasteiger partial charge on any atom is 0.0717 e. The van der Waals surface area contributed by atoms with Crippen LogP contribution in [-0.4, -0.2) is 26.4 Å². The van der Waals surface area contributed by atoms with E-state index in [0.717, 1.165) is 13.2 Å². The Kier molecular flexibility index (Phi) is 5.22. The lowest BCUT2D eigenvalue weighted by Crippen LogP contribution is -2.49. The second-order valence-corrected chi connectivity index (χ2v) is 5.95. The molecule has 1 fully saturated rings. The van der Waals surface area contributed by atoms with Crippen molar-refractivity contribution in [3.63, 3.8) is 0 Å². The maximum atomic E-state index is 5.87. The number of hydrogen-bond acceptors (Lipinski definition) is 3. The first kappa shape index (κ1) is 15.2. The average molecular weight is 298 g/mol. The Hall–Kier alpha value is -1.68. The molecule has 0 radical (unpaired) electrons. The van der Waals surface area contributed by atoms with Crippen LogP contribution in [-0.2, 0) is 27.4 Å². The molecule has 0 amide bonds. The second kappa shape index (κ2) is 7.54. The molecular formula is C19H22O3. The van der Waals surface area contributed by atoms with Gasteiger partial charge in [0, 0.05) is 0 Å². The summed E-state index contributed by atoms with van der Waals surface area (Å²) in [4.78, 5) is 0. The van der Waals surface area contributed by atoms with Crippen molar-refractivity contribution in [1.29, 1.82) is 0 Å². The normalized spacial score (nSPS) is 16.2. The van der Waals surface area contributed by atoms with Crippen LogP contribution in [0, 0.1) is 5.41 Å². The topological polar surface area (TPSA) is 27.7 Å². The van der Waals surface area contributed by atoms with Crippen LogP contribution in [0.5, 0.6) is 0 Å². The van der Waals surface area contributed by atoms with Gasteiger partial charge in [0.05, 0.1) is 45.1 Å². The van der Waals surface area contributed by atoms with Crippen LogP contribution < -0.4 is 0 Å². The summed E-state index contributed by atoms with van der Waals surface area (Å²) in [5.41, 5.74) is 2.41. The molecule has 0 saturated carbocycles. The van der Waals surface area contributed by atoms with Crippen LogP contribution in [0.1, 0.15) is 11.1 Å². The largest absolute Gasteiger partial charge is 0.380 e. The van der Waals surface area contributed by atoms with Crippen LogP contribution in [0.3, 0.4) is 0 Å². The van der Waals surface area contributed by atoms with Crippen LogP contribution in [0.4, 0.5) is 0 Å². The molecule has 3 rings (SSSR count). The molecular weight excluding hydrogens is 276 g/mol.